The van der Waals surface area contributed by atoms with Crippen LogP contribution in [0.25, 0.3) is 10.9 Å². The summed E-state index contributed by atoms with van der Waals surface area (Å²) in [5, 5.41) is 10.9. The Morgan fingerprint density at radius 2 is 1.68 bits per heavy atom. The van der Waals surface area contributed by atoms with E-state index in [0.29, 0.717) is 27.9 Å². The smallest absolute Gasteiger partial charge is 0.268 e. The van der Waals surface area contributed by atoms with Gasteiger partial charge in [0.05, 0.1) is 23.1 Å². The van der Waals surface area contributed by atoms with Gasteiger partial charge in [-0.05, 0) is 36.2 Å². The molecule has 1 aliphatic rings. The van der Waals surface area contributed by atoms with Gasteiger partial charge in [-0.25, -0.2) is 12.4 Å². The number of methoxy groups -OCH3 is 1. The number of fused-ring (bicyclic) bond motifs is 3. The molecule has 0 bridgehead atoms. The summed E-state index contributed by atoms with van der Waals surface area (Å²) in [5.41, 5.74) is 1.16. The zero-order chi connectivity index (χ0) is 20.2. The molecule has 0 spiro atoms. The Kier molecular flexibility index (Phi) is 4.32. The Morgan fingerprint density at radius 1 is 1.04 bits per heavy atom. The van der Waals surface area contributed by atoms with Crippen LogP contribution >= 0.6 is 0 Å². The van der Waals surface area contributed by atoms with Crippen LogP contribution in [0.1, 0.15) is 35.8 Å². The minimum atomic E-state index is -3.96. The van der Waals surface area contributed by atoms with Crippen LogP contribution in [0.5, 0.6) is 5.75 Å². The first-order valence-electron chi connectivity index (χ1n) is 9.04. The van der Waals surface area contributed by atoms with Gasteiger partial charge in [0.25, 0.3) is 10.0 Å². The molecule has 146 valence electrons. The van der Waals surface area contributed by atoms with Gasteiger partial charge in [0.2, 0.25) is 0 Å². The highest BCUT2D eigenvalue weighted by Gasteiger charge is 2.42. The monoisotopic (exact) mass is 399 g/mol. The van der Waals surface area contributed by atoms with Gasteiger partial charge in [0.1, 0.15) is 11.9 Å². The van der Waals surface area contributed by atoms with E-state index in [1.165, 1.54) is 23.2 Å². The Labute approximate surface area is 163 Å². The molecule has 0 fully saturated rings. The van der Waals surface area contributed by atoms with Crippen molar-refractivity contribution in [3.63, 3.8) is 0 Å². The summed E-state index contributed by atoms with van der Waals surface area (Å²) >= 11 is 0. The minimum Gasteiger partial charge on any atom is -0.497 e. The Hall–Kier alpha value is -2.64. The molecule has 0 saturated carbocycles. The number of ether oxygens (including phenoxy) is 1. The molecule has 28 heavy (non-hydrogen) atoms. The summed E-state index contributed by atoms with van der Waals surface area (Å²) < 4.78 is 33.5. The molecule has 1 N–H and O–H groups in total. The van der Waals surface area contributed by atoms with Gasteiger partial charge in [-0.2, -0.15) is 0 Å². The molecule has 0 saturated heterocycles. The maximum absolute atomic E-state index is 13.6. The number of hydrogen-bond donors (Lipinski definition) is 1. The first-order valence-corrected chi connectivity index (χ1v) is 10.5. The van der Waals surface area contributed by atoms with Crippen LogP contribution in [0.3, 0.4) is 0 Å². The van der Waals surface area contributed by atoms with Gasteiger partial charge in [-0.3, -0.25) is 4.79 Å². The van der Waals surface area contributed by atoms with Crippen molar-refractivity contribution in [1.82, 2.24) is 3.97 Å². The minimum absolute atomic E-state index is 0.107. The van der Waals surface area contributed by atoms with E-state index in [1.807, 2.05) is 6.92 Å². The number of carbonyl (C=O) groups excluding carboxylic acids is 1. The molecule has 6 nitrogen and oxygen atoms in total. The summed E-state index contributed by atoms with van der Waals surface area (Å²) in [7, 11) is -2.45. The van der Waals surface area contributed by atoms with Gasteiger partial charge >= 0.3 is 0 Å². The lowest BCUT2D eigenvalue weighted by molar-refractivity contribution is 0.0554. The van der Waals surface area contributed by atoms with Crippen LogP contribution < -0.4 is 4.74 Å². The van der Waals surface area contributed by atoms with Crippen molar-refractivity contribution in [2.24, 2.45) is 5.92 Å². The lowest BCUT2D eigenvalue weighted by Crippen LogP contribution is -2.38. The quantitative estimate of drug-likeness (QED) is 0.731. The molecular weight excluding hydrogens is 378 g/mol. The van der Waals surface area contributed by atoms with Gasteiger partial charge < -0.3 is 9.84 Å². The number of nitrogens with zero attached hydrogens (tertiary/aromatic N) is 1. The van der Waals surface area contributed by atoms with Crippen LogP contribution in [-0.4, -0.2) is 36.5 Å². The van der Waals surface area contributed by atoms with Crippen molar-refractivity contribution in [1.29, 1.82) is 0 Å². The fourth-order valence-electron chi connectivity index (χ4n) is 3.92. The molecule has 1 aromatic heterocycles. The van der Waals surface area contributed by atoms with Crippen LogP contribution in [0.15, 0.2) is 53.4 Å². The number of ketones is 1. The van der Waals surface area contributed by atoms with E-state index in [2.05, 4.69) is 0 Å². The predicted molar refractivity (Wildman–Crippen MR) is 105 cm³/mol. The molecule has 1 heterocycles. The van der Waals surface area contributed by atoms with E-state index in [4.69, 9.17) is 4.74 Å². The van der Waals surface area contributed by atoms with E-state index >= 15 is 0 Å². The first kappa shape index (κ1) is 18.7. The number of Topliss-reactive ketones (excluding diaryl/α,β-unsaturated/α-hetero) is 1. The summed E-state index contributed by atoms with van der Waals surface area (Å²) in [6.45, 7) is 3.61. The SMILES string of the molecule is COc1ccc(S(=O)(=O)n2c3c(c4ccccc42)C(=O)[C@@H](O)[C@@H](C)[C@@H]3C)cc1. The second-order valence-corrected chi connectivity index (χ2v) is 8.97. The van der Waals surface area contributed by atoms with E-state index in [-0.39, 0.29) is 10.8 Å². The number of rotatable bonds is 3. The molecule has 1 aliphatic carbocycles. The van der Waals surface area contributed by atoms with Gasteiger partial charge in [-0.15, -0.1) is 0 Å². The number of carbonyl (C=O) groups is 1. The lowest BCUT2D eigenvalue weighted by atomic mass is 9.77. The van der Waals surface area contributed by atoms with Gasteiger partial charge in [-0.1, -0.05) is 32.0 Å². The fourth-order valence-corrected chi connectivity index (χ4v) is 5.55. The fraction of sp³-hybridized carbons (Fsp3) is 0.286. The molecule has 7 heteroatoms. The van der Waals surface area contributed by atoms with Crippen molar-refractivity contribution >= 4 is 26.7 Å². The molecule has 0 amide bonds. The second-order valence-electron chi connectivity index (χ2n) is 7.18. The van der Waals surface area contributed by atoms with Crippen molar-refractivity contribution in [3.05, 3.63) is 59.8 Å². The maximum Gasteiger partial charge on any atom is 0.268 e. The Balaban J connectivity index is 2.06. The normalized spacial score (nSPS) is 22.3. The van der Waals surface area contributed by atoms with Gasteiger partial charge in [0.15, 0.2) is 5.78 Å². The van der Waals surface area contributed by atoms with E-state index < -0.39 is 27.8 Å². The summed E-state index contributed by atoms with van der Waals surface area (Å²) in [6, 6.07) is 13.1. The topological polar surface area (TPSA) is 85.6 Å². The zero-order valence-electron chi connectivity index (χ0n) is 15.8. The van der Waals surface area contributed by atoms with Crippen LogP contribution in [0.4, 0.5) is 0 Å². The molecule has 2 aromatic carbocycles. The van der Waals surface area contributed by atoms with E-state index in [0.717, 1.165) is 0 Å². The molecule has 3 aromatic rings. The molecule has 3 atom stereocenters. The zero-order valence-corrected chi connectivity index (χ0v) is 16.6. The number of aliphatic hydroxyl groups is 1. The van der Waals surface area contributed by atoms with Crippen molar-refractivity contribution in [2.45, 2.75) is 30.8 Å². The number of aromatic nitrogens is 1. The highest BCUT2D eigenvalue weighted by molar-refractivity contribution is 7.90. The van der Waals surface area contributed by atoms with Crippen molar-refractivity contribution < 1.29 is 23.1 Å². The third kappa shape index (κ3) is 2.50. The first-order chi connectivity index (χ1) is 13.3. The molecule has 0 unspecified atom stereocenters. The summed E-state index contributed by atoms with van der Waals surface area (Å²) in [5.74, 6) is -0.587. The number of hydrogen-bond acceptors (Lipinski definition) is 5. The summed E-state index contributed by atoms with van der Waals surface area (Å²) in [6.07, 6.45) is -1.15. The molecule has 4 rings (SSSR count). The van der Waals surface area contributed by atoms with E-state index in [1.54, 1.807) is 43.3 Å². The predicted octanol–water partition coefficient (Wildman–Crippen LogP) is 3.18. The number of para-hydroxylation sites is 1. The Morgan fingerprint density at radius 3 is 2.32 bits per heavy atom. The second kappa shape index (κ2) is 6.46. The standard InChI is InChI=1S/C21H21NO5S/c1-12-13(2)20(23)21(24)18-16-6-4-5-7-17(16)22(19(12)18)28(25,26)15-10-8-14(27-3)9-11-15/h4-13,20,23H,1-3H3/t12-,13-,20-/m0/s1. The third-order valence-electron chi connectivity index (χ3n) is 5.70. The van der Waals surface area contributed by atoms with Crippen molar-refractivity contribution in [3.8, 4) is 5.75 Å². The Bertz CT molecular complexity index is 1180. The lowest BCUT2D eigenvalue weighted by Gasteiger charge is -2.31. The summed E-state index contributed by atoms with van der Waals surface area (Å²) in [4.78, 5) is 13.0. The highest BCUT2D eigenvalue weighted by Crippen LogP contribution is 2.42. The largest absolute Gasteiger partial charge is 0.497 e. The van der Waals surface area contributed by atoms with Crippen molar-refractivity contribution in [2.75, 3.05) is 7.11 Å². The number of aliphatic hydroxyl groups excluding tert-OH is 1. The van der Waals surface area contributed by atoms with Crippen LogP contribution in [0, 0.1) is 5.92 Å². The average Bonchev–Trinajstić information content (AvgIpc) is 3.07. The van der Waals surface area contributed by atoms with Crippen LogP contribution in [0.2, 0.25) is 0 Å². The van der Waals surface area contributed by atoms with E-state index in [9.17, 15) is 18.3 Å². The number of benzene rings is 2. The van der Waals surface area contributed by atoms with Gasteiger partial charge in [0, 0.05) is 17.0 Å². The highest BCUT2D eigenvalue weighted by atomic mass is 32.2. The third-order valence-corrected chi connectivity index (χ3v) is 7.44. The molecule has 0 aliphatic heterocycles. The maximum atomic E-state index is 13.6. The van der Waals surface area contributed by atoms with Crippen LogP contribution in [-0.2, 0) is 10.0 Å². The molecule has 0 radical (unpaired) electrons. The average molecular weight is 399 g/mol. The molecular formula is C21H21NO5S.